The van der Waals surface area contributed by atoms with Gasteiger partial charge in [-0.3, -0.25) is 4.79 Å². The van der Waals surface area contributed by atoms with Gasteiger partial charge in [-0.25, -0.2) is 8.78 Å². The number of halogens is 4. The fraction of sp³-hybridized carbons (Fsp3) is 0.316. The Morgan fingerprint density at radius 2 is 2.00 bits per heavy atom. The highest BCUT2D eigenvalue weighted by atomic mass is 35.5. The first-order chi connectivity index (χ1) is 12.4. The van der Waals surface area contributed by atoms with Gasteiger partial charge >= 0.3 is 0 Å². The molecule has 1 aliphatic rings. The molecular weight excluding hydrogens is 383 g/mol. The monoisotopic (exact) mass is 399 g/mol. The molecule has 0 radical (unpaired) electrons. The van der Waals surface area contributed by atoms with Crippen molar-refractivity contribution in [2.45, 2.75) is 25.6 Å². The number of ether oxygens (including phenoxy) is 1. The molecule has 3 nitrogen and oxygen atoms in total. The SMILES string of the molecule is O=C(c1ccc(Cl)cc1Cl)N1CCC[C@H](OCc2cc(F)ccc2F)C1. The number of carbonyl (C=O) groups is 1. The van der Waals surface area contributed by atoms with Crippen LogP contribution in [0.4, 0.5) is 8.78 Å². The topological polar surface area (TPSA) is 29.5 Å². The van der Waals surface area contributed by atoms with Crippen molar-refractivity contribution in [1.29, 1.82) is 0 Å². The summed E-state index contributed by atoms with van der Waals surface area (Å²) < 4.78 is 32.6. The molecule has 0 N–H and O–H groups in total. The first kappa shape index (κ1) is 19.1. The van der Waals surface area contributed by atoms with E-state index in [1.165, 1.54) is 6.07 Å². The number of hydrogen-bond donors (Lipinski definition) is 0. The second-order valence-corrected chi connectivity index (χ2v) is 7.03. The van der Waals surface area contributed by atoms with Crippen molar-refractivity contribution in [3.05, 3.63) is 69.2 Å². The normalized spacial score (nSPS) is 17.4. The van der Waals surface area contributed by atoms with Gasteiger partial charge in [-0.2, -0.15) is 0 Å². The van der Waals surface area contributed by atoms with Gasteiger partial charge in [0.15, 0.2) is 0 Å². The zero-order valence-electron chi connectivity index (χ0n) is 13.9. The van der Waals surface area contributed by atoms with Crippen LogP contribution >= 0.6 is 23.2 Å². The molecular formula is C19H17Cl2F2NO2. The Bertz CT molecular complexity index is 816. The Hall–Kier alpha value is -1.69. The van der Waals surface area contributed by atoms with Crippen LogP contribution in [-0.4, -0.2) is 30.0 Å². The minimum Gasteiger partial charge on any atom is -0.372 e. The van der Waals surface area contributed by atoms with Crippen LogP contribution in [0.2, 0.25) is 10.0 Å². The minimum absolute atomic E-state index is 0.0437. The van der Waals surface area contributed by atoms with Gasteiger partial charge in [0.05, 0.1) is 23.3 Å². The first-order valence-corrected chi connectivity index (χ1v) is 8.99. The highest BCUT2D eigenvalue weighted by Gasteiger charge is 2.26. The van der Waals surface area contributed by atoms with E-state index in [1.807, 2.05) is 0 Å². The average molecular weight is 400 g/mol. The molecule has 26 heavy (non-hydrogen) atoms. The molecule has 0 aromatic heterocycles. The van der Waals surface area contributed by atoms with Crippen molar-refractivity contribution in [2.24, 2.45) is 0 Å². The molecule has 1 amide bonds. The molecule has 1 fully saturated rings. The Labute approximate surface area is 160 Å². The number of likely N-dealkylation sites (tertiary alicyclic amines) is 1. The van der Waals surface area contributed by atoms with Gasteiger partial charge in [0.2, 0.25) is 0 Å². The lowest BCUT2D eigenvalue weighted by Gasteiger charge is -2.33. The van der Waals surface area contributed by atoms with Gasteiger partial charge in [-0.05, 0) is 49.2 Å². The van der Waals surface area contributed by atoms with E-state index in [-0.39, 0.29) is 24.2 Å². The molecule has 1 aliphatic heterocycles. The van der Waals surface area contributed by atoms with Crippen LogP contribution in [0.25, 0.3) is 0 Å². The second kappa shape index (κ2) is 8.33. The standard InChI is InChI=1S/C19H17Cl2F2NO2/c20-13-3-5-16(17(21)9-13)19(25)24-7-1-2-15(10-24)26-11-12-8-14(22)4-6-18(12)23/h3-6,8-9,15H,1-2,7,10-11H2/t15-/m0/s1. The molecule has 7 heteroatoms. The van der Waals surface area contributed by atoms with Crippen LogP contribution in [0, 0.1) is 11.6 Å². The highest BCUT2D eigenvalue weighted by Crippen LogP contribution is 2.24. The molecule has 0 aliphatic carbocycles. The lowest BCUT2D eigenvalue weighted by molar-refractivity contribution is -0.00769. The minimum atomic E-state index is -0.511. The largest absolute Gasteiger partial charge is 0.372 e. The molecule has 1 heterocycles. The molecule has 0 spiro atoms. The van der Waals surface area contributed by atoms with E-state index in [1.54, 1.807) is 17.0 Å². The van der Waals surface area contributed by atoms with Crippen molar-refractivity contribution in [3.8, 4) is 0 Å². The summed E-state index contributed by atoms with van der Waals surface area (Å²) in [6, 6.07) is 8.00. The number of carbonyl (C=O) groups excluding carboxylic acids is 1. The van der Waals surface area contributed by atoms with E-state index in [4.69, 9.17) is 27.9 Å². The average Bonchev–Trinajstić information content (AvgIpc) is 2.62. The second-order valence-electron chi connectivity index (χ2n) is 6.19. The fourth-order valence-corrected chi connectivity index (χ4v) is 3.44. The van der Waals surface area contributed by atoms with Gasteiger partial charge in [0.1, 0.15) is 11.6 Å². The number of amides is 1. The van der Waals surface area contributed by atoms with E-state index < -0.39 is 11.6 Å². The summed E-state index contributed by atoms with van der Waals surface area (Å²) in [6.07, 6.45) is 1.25. The molecule has 1 saturated heterocycles. The number of nitrogens with zero attached hydrogens (tertiary/aromatic N) is 1. The molecule has 3 rings (SSSR count). The zero-order valence-corrected chi connectivity index (χ0v) is 15.4. The maximum absolute atomic E-state index is 13.7. The summed E-state index contributed by atoms with van der Waals surface area (Å²) in [5, 5.41) is 0.760. The van der Waals surface area contributed by atoms with Gasteiger partial charge in [-0.15, -0.1) is 0 Å². The van der Waals surface area contributed by atoms with Crippen LogP contribution in [0.15, 0.2) is 36.4 Å². The van der Waals surface area contributed by atoms with Crippen molar-refractivity contribution >= 4 is 29.1 Å². The third-order valence-corrected chi connectivity index (χ3v) is 4.86. The number of rotatable bonds is 4. The Kier molecular flexibility index (Phi) is 6.12. The number of piperidine rings is 1. The van der Waals surface area contributed by atoms with Crippen LogP contribution in [-0.2, 0) is 11.3 Å². The van der Waals surface area contributed by atoms with Gasteiger partial charge in [0.25, 0.3) is 5.91 Å². The zero-order chi connectivity index (χ0) is 18.7. The Morgan fingerprint density at radius 3 is 2.77 bits per heavy atom. The third-order valence-electron chi connectivity index (χ3n) is 4.31. The van der Waals surface area contributed by atoms with E-state index >= 15 is 0 Å². The molecule has 2 aromatic carbocycles. The number of benzene rings is 2. The van der Waals surface area contributed by atoms with E-state index in [0.29, 0.717) is 28.7 Å². The van der Waals surface area contributed by atoms with Crippen LogP contribution in [0.3, 0.4) is 0 Å². The van der Waals surface area contributed by atoms with E-state index in [9.17, 15) is 13.6 Å². The summed E-state index contributed by atoms with van der Waals surface area (Å²) in [5.74, 6) is -1.22. The smallest absolute Gasteiger partial charge is 0.255 e. The van der Waals surface area contributed by atoms with Crippen LogP contribution in [0.5, 0.6) is 0 Å². The van der Waals surface area contributed by atoms with Gasteiger partial charge < -0.3 is 9.64 Å². The predicted molar refractivity (Wildman–Crippen MR) is 96.5 cm³/mol. The third kappa shape index (κ3) is 4.53. The molecule has 0 saturated carbocycles. The Morgan fingerprint density at radius 1 is 1.19 bits per heavy atom. The van der Waals surface area contributed by atoms with Gasteiger partial charge in [-0.1, -0.05) is 23.2 Å². The van der Waals surface area contributed by atoms with Crippen molar-refractivity contribution in [2.75, 3.05) is 13.1 Å². The molecule has 138 valence electrons. The summed E-state index contributed by atoms with van der Waals surface area (Å²) in [6.45, 7) is 0.915. The summed E-state index contributed by atoms with van der Waals surface area (Å²) >= 11 is 12.0. The van der Waals surface area contributed by atoms with E-state index in [0.717, 1.165) is 31.0 Å². The lowest BCUT2D eigenvalue weighted by atomic mass is 10.1. The number of hydrogen-bond acceptors (Lipinski definition) is 2. The van der Waals surface area contributed by atoms with Crippen LogP contribution in [0.1, 0.15) is 28.8 Å². The van der Waals surface area contributed by atoms with E-state index in [2.05, 4.69) is 0 Å². The maximum Gasteiger partial charge on any atom is 0.255 e. The fourth-order valence-electron chi connectivity index (χ4n) is 2.95. The molecule has 0 bridgehead atoms. The Balaban J connectivity index is 1.63. The predicted octanol–water partition coefficient (Wildman–Crippen LogP) is 5.09. The quantitative estimate of drug-likeness (QED) is 0.716. The summed E-state index contributed by atoms with van der Waals surface area (Å²) in [7, 11) is 0. The molecule has 0 unspecified atom stereocenters. The molecule has 1 atom stereocenters. The van der Waals surface area contributed by atoms with Crippen molar-refractivity contribution < 1.29 is 18.3 Å². The lowest BCUT2D eigenvalue weighted by Crippen LogP contribution is -2.43. The van der Waals surface area contributed by atoms with Crippen molar-refractivity contribution in [1.82, 2.24) is 4.90 Å². The maximum atomic E-state index is 13.7. The molecule has 2 aromatic rings. The highest BCUT2D eigenvalue weighted by molar-refractivity contribution is 6.36. The van der Waals surface area contributed by atoms with Crippen LogP contribution < -0.4 is 0 Å². The first-order valence-electron chi connectivity index (χ1n) is 8.24. The van der Waals surface area contributed by atoms with Gasteiger partial charge in [0, 0.05) is 23.7 Å². The summed E-state index contributed by atoms with van der Waals surface area (Å²) in [4.78, 5) is 14.3. The van der Waals surface area contributed by atoms with Crippen molar-refractivity contribution in [3.63, 3.8) is 0 Å². The summed E-state index contributed by atoms with van der Waals surface area (Å²) in [5.41, 5.74) is 0.544.